The van der Waals surface area contributed by atoms with Crippen LogP contribution in [0.3, 0.4) is 0 Å². The van der Waals surface area contributed by atoms with Gasteiger partial charge in [0.25, 0.3) is 0 Å². The van der Waals surface area contributed by atoms with Gasteiger partial charge in [0, 0.05) is 18.1 Å². The van der Waals surface area contributed by atoms with Crippen LogP contribution in [0.2, 0.25) is 0 Å². The Balaban J connectivity index is 3.36. The van der Waals surface area contributed by atoms with E-state index in [4.69, 9.17) is 11.5 Å². The molecule has 0 aliphatic carbocycles. The van der Waals surface area contributed by atoms with Gasteiger partial charge in [-0.05, 0) is 0 Å². The molecule has 0 aromatic heterocycles. The second-order valence-corrected chi connectivity index (χ2v) is 3.14. The monoisotopic (exact) mass is 178 g/mol. The highest BCUT2D eigenvalue weighted by atomic mass is 32.2. The molecule has 0 heterocycles. The maximum atomic E-state index is 10.7. The van der Waals surface area contributed by atoms with Crippen LogP contribution in [0.1, 0.15) is 0 Å². The van der Waals surface area contributed by atoms with E-state index in [-0.39, 0.29) is 5.97 Å². The lowest BCUT2D eigenvalue weighted by Crippen LogP contribution is -2.34. The fourth-order valence-corrected chi connectivity index (χ4v) is 1.24. The van der Waals surface area contributed by atoms with Gasteiger partial charge >= 0.3 is 5.97 Å². The Kier molecular flexibility index (Phi) is 6.30. The lowest BCUT2D eigenvalue weighted by atomic mass is 10.4. The Morgan fingerprint density at radius 1 is 1.73 bits per heavy atom. The normalized spacial score (nSPS) is 12.6. The summed E-state index contributed by atoms with van der Waals surface area (Å²) in [5.41, 5.74) is 10.7. The number of carbonyl (C=O) groups excluding carboxylic acids is 1. The first-order valence-corrected chi connectivity index (χ1v) is 4.49. The number of methoxy groups -OCH3 is 1. The van der Waals surface area contributed by atoms with Gasteiger partial charge in [0.05, 0.1) is 7.11 Å². The van der Waals surface area contributed by atoms with Gasteiger partial charge in [0.2, 0.25) is 0 Å². The molecule has 0 aliphatic rings. The number of nitrogens with two attached hydrogens (primary N) is 2. The van der Waals surface area contributed by atoms with E-state index < -0.39 is 6.04 Å². The summed E-state index contributed by atoms with van der Waals surface area (Å²) in [7, 11) is 1.33. The van der Waals surface area contributed by atoms with Gasteiger partial charge in [-0.2, -0.15) is 11.8 Å². The number of rotatable bonds is 5. The molecule has 0 aromatic rings. The van der Waals surface area contributed by atoms with Crippen molar-refractivity contribution in [1.29, 1.82) is 0 Å². The Morgan fingerprint density at radius 3 is 2.82 bits per heavy atom. The molecule has 0 saturated heterocycles. The van der Waals surface area contributed by atoms with Gasteiger partial charge in [-0.15, -0.1) is 0 Å². The summed E-state index contributed by atoms with van der Waals surface area (Å²) in [4.78, 5) is 10.7. The first kappa shape index (κ1) is 10.7. The van der Waals surface area contributed by atoms with E-state index in [1.807, 2.05) is 0 Å². The van der Waals surface area contributed by atoms with Crippen LogP contribution in [0.15, 0.2) is 0 Å². The maximum absolute atomic E-state index is 10.7. The molecule has 1 atom stereocenters. The Bertz CT molecular complexity index is 121. The molecule has 5 heteroatoms. The quantitative estimate of drug-likeness (QED) is 0.425. The van der Waals surface area contributed by atoms with Crippen LogP contribution >= 0.6 is 11.8 Å². The van der Waals surface area contributed by atoms with Gasteiger partial charge < -0.3 is 16.2 Å². The van der Waals surface area contributed by atoms with Crippen molar-refractivity contribution in [2.45, 2.75) is 6.04 Å². The highest BCUT2D eigenvalue weighted by Crippen LogP contribution is 2.00. The molecule has 11 heavy (non-hydrogen) atoms. The van der Waals surface area contributed by atoms with Crippen molar-refractivity contribution in [3.8, 4) is 0 Å². The Labute approximate surface area is 70.6 Å². The van der Waals surface area contributed by atoms with E-state index in [1.165, 1.54) is 7.11 Å². The molecule has 0 radical (unpaired) electrons. The molecule has 0 bridgehead atoms. The predicted molar refractivity (Wildman–Crippen MR) is 46.4 cm³/mol. The summed E-state index contributed by atoms with van der Waals surface area (Å²) in [5, 5.41) is 0. The van der Waals surface area contributed by atoms with E-state index >= 15 is 0 Å². The van der Waals surface area contributed by atoms with Gasteiger partial charge in [-0.1, -0.05) is 0 Å². The van der Waals surface area contributed by atoms with Crippen molar-refractivity contribution < 1.29 is 9.53 Å². The summed E-state index contributed by atoms with van der Waals surface area (Å²) in [5.74, 6) is 1.03. The molecule has 0 aliphatic heterocycles. The van der Waals surface area contributed by atoms with Crippen molar-refractivity contribution in [2.24, 2.45) is 11.5 Å². The lowest BCUT2D eigenvalue weighted by Gasteiger charge is -2.07. The van der Waals surface area contributed by atoms with Crippen LogP contribution in [-0.2, 0) is 9.53 Å². The molecular formula is C6H14N2O2S. The molecule has 0 amide bonds. The number of hydrogen-bond acceptors (Lipinski definition) is 5. The van der Waals surface area contributed by atoms with E-state index in [1.54, 1.807) is 11.8 Å². The molecule has 0 unspecified atom stereocenters. The summed E-state index contributed by atoms with van der Waals surface area (Å²) in [6.07, 6.45) is 0. The molecule has 0 rings (SSSR count). The Hall–Kier alpha value is -0.260. The highest BCUT2D eigenvalue weighted by molar-refractivity contribution is 7.99. The third kappa shape index (κ3) is 5.06. The molecule has 66 valence electrons. The van der Waals surface area contributed by atoms with E-state index in [0.29, 0.717) is 12.3 Å². The second kappa shape index (κ2) is 6.45. The third-order valence-corrected chi connectivity index (χ3v) is 2.18. The van der Waals surface area contributed by atoms with Gasteiger partial charge in [-0.25, -0.2) is 0 Å². The number of hydrogen-bond donors (Lipinski definition) is 2. The topological polar surface area (TPSA) is 78.3 Å². The smallest absolute Gasteiger partial charge is 0.323 e. The number of esters is 1. The molecule has 4 nitrogen and oxygen atoms in total. The second-order valence-electron chi connectivity index (χ2n) is 1.99. The average molecular weight is 178 g/mol. The zero-order valence-corrected chi connectivity index (χ0v) is 7.39. The van der Waals surface area contributed by atoms with Crippen LogP contribution in [0, 0.1) is 0 Å². The summed E-state index contributed by atoms with van der Waals surface area (Å²) < 4.78 is 4.43. The molecule has 0 saturated carbocycles. The fourth-order valence-electron chi connectivity index (χ4n) is 0.513. The van der Waals surface area contributed by atoms with Gasteiger partial charge in [-0.3, -0.25) is 4.79 Å². The molecule has 0 spiro atoms. The first-order valence-electron chi connectivity index (χ1n) is 3.33. The largest absolute Gasteiger partial charge is 0.468 e. The number of ether oxygens (including phenoxy) is 1. The van der Waals surface area contributed by atoms with Gasteiger partial charge in [0.15, 0.2) is 0 Å². The van der Waals surface area contributed by atoms with Crippen molar-refractivity contribution >= 4 is 17.7 Å². The van der Waals surface area contributed by atoms with Crippen LogP contribution < -0.4 is 11.5 Å². The van der Waals surface area contributed by atoms with E-state index in [9.17, 15) is 4.79 Å². The Morgan fingerprint density at radius 2 is 2.36 bits per heavy atom. The van der Waals surface area contributed by atoms with E-state index in [0.717, 1.165) is 5.75 Å². The summed E-state index contributed by atoms with van der Waals surface area (Å²) in [6.45, 7) is 0.610. The zero-order valence-electron chi connectivity index (χ0n) is 6.58. The van der Waals surface area contributed by atoms with Crippen LogP contribution in [0.5, 0.6) is 0 Å². The zero-order chi connectivity index (χ0) is 8.69. The maximum Gasteiger partial charge on any atom is 0.323 e. The number of thioether (sulfide) groups is 1. The minimum atomic E-state index is -0.517. The highest BCUT2D eigenvalue weighted by Gasteiger charge is 2.12. The minimum Gasteiger partial charge on any atom is -0.468 e. The lowest BCUT2D eigenvalue weighted by molar-refractivity contribution is -0.141. The SMILES string of the molecule is COC(=O)[C@@H](N)CSCCN. The average Bonchev–Trinajstić information content (AvgIpc) is 2.03. The molecular weight excluding hydrogens is 164 g/mol. The molecule has 0 aromatic carbocycles. The summed E-state index contributed by atoms with van der Waals surface area (Å²) >= 11 is 1.55. The fraction of sp³-hybridized carbons (Fsp3) is 0.833. The van der Waals surface area contributed by atoms with Gasteiger partial charge in [0.1, 0.15) is 6.04 Å². The van der Waals surface area contributed by atoms with Crippen molar-refractivity contribution in [1.82, 2.24) is 0 Å². The molecule has 0 fully saturated rings. The van der Waals surface area contributed by atoms with Crippen molar-refractivity contribution in [3.05, 3.63) is 0 Å². The number of carbonyl (C=O) groups is 1. The van der Waals surface area contributed by atoms with Crippen LogP contribution in [-0.4, -0.2) is 37.2 Å². The minimum absolute atomic E-state index is 0.366. The van der Waals surface area contributed by atoms with E-state index in [2.05, 4.69) is 4.74 Å². The first-order chi connectivity index (χ1) is 5.22. The van der Waals surface area contributed by atoms with Crippen molar-refractivity contribution in [2.75, 3.05) is 25.2 Å². The standard InChI is InChI=1S/C6H14N2O2S/c1-10-6(9)5(8)4-11-3-2-7/h5H,2-4,7-8H2,1H3/t5-/m0/s1. The van der Waals surface area contributed by atoms with Crippen LogP contribution in [0.25, 0.3) is 0 Å². The summed E-state index contributed by atoms with van der Waals surface area (Å²) in [6, 6.07) is -0.517. The third-order valence-electron chi connectivity index (χ3n) is 1.06. The van der Waals surface area contributed by atoms with Crippen LogP contribution in [0.4, 0.5) is 0 Å². The van der Waals surface area contributed by atoms with Crippen molar-refractivity contribution in [3.63, 3.8) is 0 Å². The predicted octanol–water partition coefficient (Wildman–Crippen LogP) is -0.821. The molecule has 4 N–H and O–H groups in total.